The maximum absolute atomic E-state index is 13.1. The Morgan fingerprint density at radius 2 is 2.17 bits per heavy atom. The van der Waals surface area contributed by atoms with Crippen LogP contribution in [0.2, 0.25) is 0 Å². The number of carbonyl (C=O) groups is 1. The standard InChI is InChI=1S/C18H24N2O2.ClH/c21-18(16-3-1-5-17-15(16)4-2-9-19-17)20(14-6-7-14)11-13-8-10-22-12-13;/h1,3,5,13-14,19H,2,4,6-12H2;1H. The second-order valence-corrected chi connectivity index (χ2v) is 6.78. The Balaban J connectivity index is 0.00000156. The number of nitrogens with one attached hydrogen (secondary N) is 1. The molecule has 0 radical (unpaired) electrons. The van der Waals surface area contributed by atoms with E-state index in [4.69, 9.17) is 4.74 Å². The van der Waals surface area contributed by atoms with Gasteiger partial charge in [-0.25, -0.2) is 0 Å². The Bertz CT molecular complexity index is 568. The van der Waals surface area contributed by atoms with E-state index in [-0.39, 0.29) is 18.3 Å². The van der Waals surface area contributed by atoms with Crippen molar-refractivity contribution < 1.29 is 9.53 Å². The molecule has 2 aliphatic heterocycles. The van der Waals surface area contributed by atoms with E-state index in [0.717, 1.165) is 69.7 Å². The average molecular weight is 337 g/mol. The molecule has 1 aromatic carbocycles. The van der Waals surface area contributed by atoms with E-state index in [0.29, 0.717) is 12.0 Å². The van der Waals surface area contributed by atoms with E-state index in [9.17, 15) is 4.79 Å². The van der Waals surface area contributed by atoms with Crippen LogP contribution < -0.4 is 5.32 Å². The fourth-order valence-corrected chi connectivity index (χ4v) is 3.65. The monoisotopic (exact) mass is 336 g/mol. The maximum Gasteiger partial charge on any atom is 0.254 e. The molecule has 4 nitrogen and oxygen atoms in total. The van der Waals surface area contributed by atoms with E-state index < -0.39 is 0 Å². The number of hydrogen-bond donors (Lipinski definition) is 1. The lowest BCUT2D eigenvalue weighted by Gasteiger charge is -2.28. The van der Waals surface area contributed by atoms with Crippen LogP contribution in [0.3, 0.4) is 0 Å². The van der Waals surface area contributed by atoms with Crippen molar-refractivity contribution in [1.29, 1.82) is 0 Å². The third kappa shape index (κ3) is 3.48. The minimum absolute atomic E-state index is 0. The van der Waals surface area contributed by atoms with Crippen LogP contribution in [0.1, 0.15) is 41.6 Å². The molecule has 3 aliphatic rings. The molecule has 2 fully saturated rings. The number of hydrogen-bond acceptors (Lipinski definition) is 3. The van der Waals surface area contributed by atoms with E-state index in [1.807, 2.05) is 12.1 Å². The van der Waals surface area contributed by atoms with E-state index in [1.54, 1.807) is 0 Å². The largest absolute Gasteiger partial charge is 0.385 e. The molecule has 1 saturated carbocycles. The van der Waals surface area contributed by atoms with Gasteiger partial charge in [-0.15, -0.1) is 12.4 Å². The Morgan fingerprint density at radius 3 is 2.91 bits per heavy atom. The Morgan fingerprint density at radius 1 is 1.30 bits per heavy atom. The topological polar surface area (TPSA) is 41.6 Å². The first-order valence-corrected chi connectivity index (χ1v) is 8.57. The summed E-state index contributed by atoms with van der Waals surface area (Å²) in [6.07, 6.45) is 5.52. The highest BCUT2D eigenvalue weighted by atomic mass is 35.5. The Kier molecular flexibility index (Phi) is 5.12. The van der Waals surface area contributed by atoms with Crippen LogP contribution in [-0.4, -0.2) is 43.2 Å². The van der Waals surface area contributed by atoms with Crippen LogP contribution >= 0.6 is 12.4 Å². The first-order chi connectivity index (χ1) is 10.8. The first-order valence-electron chi connectivity index (χ1n) is 8.57. The lowest BCUT2D eigenvalue weighted by atomic mass is 9.96. The zero-order chi connectivity index (χ0) is 14.9. The summed E-state index contributed by atoms with van der Waals surface area (Å²) in [5.41, 5.74) is 3.28. The molecule has 1 amide bonds. The molecule has 4 rings (SSSR count). The SMILES string of the molecule is Cl.O=C(c1cccc2c1CCCN2)N(CC1CCOC1)C1CC1. The molecule has 0 bridgehead atoms. The second-order valence-electron chi connectivity index (χ2n) is 6.78. The highest BCUT2D eigenvalue weighted by molar-refractivity contribution is 5.97. The minimum atomic E-state index is 0. The summed E-state index contributed by atoms with van der Waals surface area (Å²) < 4.78 is 5.49. The molecule has 0 aromatic heterocycles. The molecule has 2 heterocycles. The van der Waals surface area contributed by atoms with Gasteiger partial charge in [0.2, 0.25) is 0 Å². The molecule has 5 heteroatoms. The summed E-state index contributed by atoms with van der Waals surface area (Å²) in [6.45, 7) is 3.53. The van der Waals surface area contributed by atoms with Gasteiger partial charge in [0.1, 0.15) is 0 Å². The Labute approximate surface area is 144 Å². The second kappa shape index (κ2) is 7.10. The highest BCUT2D eigenvalue weighted by Gasteiger charge is 2.36. The number of halogens is 1. The number of anilines is 1. The van der Waals surface area contributed by atoms with Gasteiger partial charge in [0.05, 0.1) is 6.61 Å². The molecule has 126 valence electrons. The van der Waals surface area contributed by atoms with Crippen molar-refractivity contribution in [2.75, 3.05) is 31.6 Å². The predicted molar refractivity (Wildman–Crippen MR) is 93.5 cm³/mol. The van der Waals surface area contributed by atoms with Gasteiger partial charge >= 0.3 is 0 Å². The molecule has 23 heavy (non-hydrogen) atoms. The number of amides is 1. The van der Waals surface area contributed by atoms with Gasteiger partial charge in [0.15, 0.2) is 0 Å². The third-order valence-electron chi connectivity index (χ3n) is 5.05. The van der Waals surface area contributed by atoms with Gasteiger partial charge in [-0.1, -0.05) is 6.07 Å². The maximum atomic E-state index is 13.1. The zero-order valence-electron chi connectivity index (χ0n) is 13.4. The molecule has 1 unspecified atom stereocenters. The van der Waals surface area contributed by atoms with Crippen LogP contribution in [0.25, 0.3) is 0 Å². The first kappa shape index (κ1) is 16.6. The number of benzene rings is 1. The predicted octanol–water partition coefficient (Wildman–Crippen LogP) is 3.11. The summed E-state index contributed by atoms with van der Waals surface area (Å²) >= 11 is 0. The third-order valence-corrected chi connectivity index (χ3v) is 5.05. The van der Waals surface area contributed by atoms with Gasteiger partial charge in [0, 0.05) is 42.9 Å². The number of rotatable bonds is 4. The normalized spacial score (nSPS) is 22.7. The van der Waals surface area contributed by atoms with Crippen molar-refractivity contribution in [2.45, 2.75) is 38.1 Å². The smallest absolute Gasteiger partial charge is 0.254 e. The quantitative estimate of drug-likeness (QED) is 0.918. The van der Waals surface area contributed by atoms with Crippen molar-refractivity contribution in [3.05, 3.63) is 29.3 Å². The molecule has 1 N–H and O–H groups in total. The molecule has 1 atom stereocenters. The summed E-state index contributed by atoms with van der Waals surface area (Å²) in [5, 5.41) is 3.42. The minimum Gasteiger partial charge on any atom is -0.385 e. The molecule has 0 spiro atoms. The lowest BCUT2D eigenvalue weighted by molar-refractivity contribution is 0.0705. The Hall–Kier alpha value is -1.26. The van der Waals surface area contributed by atoms with Gasteiger partial charge in [0.25, 0.3) is 5.91 Å². The summed E-state index contributed by atoms with van der Waals surface area (Å²) in [6, 6.07) is 6.57. The molecular weight excluding hydrogens is 312 g/mol. The van der Waals surface area contributed by atoms with E-state index in [1.165, 1.54) is 5.56 Å². The van der Waals surface area contributed by atoms with Crippen molar-refractivity contribution >= 4 is 24.0 Å². The summed E-state index contributed by atoms with van der Waals surface area (Å²) in [7, 11) is 0. The molecule has 1 aromatic rings. The number of fused-ring (bicyclic) bond motifs is 1. The summed E-state index contributed by atoms with van der Waals surface area (Å²) in [5.74, 6) is 0.747. The van der Waals surface area contributed by atoms with Crippen molar-refractivity contribution in [1.82, 2.24) is 4.90 Å². The van der Waals surface area contributed by atoms with Crippen LogP contribution in [0.15, 0.2) is 18.2 Å². The number of carbonyl (C=O) groups excluding carboxylic acids is 1. The van der Waals surface area contributed by atoms with Crippen molar-refractivity contribution in [3.63, 3.8) is 0 Å². The molecular formula is C18H25ClN2O2. The van der Waals surface area contributed by atoms with Gasteiger partial charge in [-0.3, -0.25) is 4.79 Å². The van der Waals surface area contributed by atoms with Crippen molar-refractivity contribution in [3.8, 4) is 0 Å². The van der Waals surface area contributed by atoms with Gasteiger partial charge in [-0.05, 0) is 49.8 Å². The van der Waals surface area contributed by atoms with Crippen LogP contribution in [0.4, 0.5) is 5.69 Å². The lowest BCUT2D eigenvalue weighted by Crippen LogP contribution is -2.38. The summed E-state index contributed by atoms with van der Waals surface area (Å²) in [4.78, 5) is 15.3. The van der Waals surface area contributed by atoms with E-state index >= 15 is 0 Å². The van der Waals surface area contributed by atoms with E-state index in [2.05, 4.69) is 16.3 Å². The molecule has 1 aliphatic carbocycles. The average Bonchev–Trinajstić information content (AvgIpc) is 3.27. The van der Waals surface area contributed by atoms with Crippen LogP contribution in [0, 0.1) is 5.92 Å². The number of ether oxygens (including phenoxy) is 1. The van der Waals surface area contributed by atoms with Crippen molar-refractivity contribution in [2.24, 2.45) is 5.92 Å². The fraction of sp³-hybridized carbons (Fsp3) is 0.611. The molecule has 1 saturated heterocycles. The van der Waals surface area contributed by atoms with Crippen LogP contribution in [0.5, 0.6) is 0 Å². The highest BCUT2D eigenvalue weighted by Crippen LogP contribution is 2.33. The van der Waals surface area contributed by atoms with Crippen LogP contribution in [-0.2, 0) is 11.2 Å². The van der Waals surface area contributed by atoms with Gasteiger partial charge in [-0.2, -0.15) is 0 Å². The van der Waals surface area contributed by atoms with Gasteiger partial charge < -0.3 is 15.0 Å². The number of nitrogens with zero attached hydrogens (tertiary/aromatic N) is 1. The fourth-order valence-electron chi connectivity index (χ4n) is 3.65. The zero-order valence-corrected chi connectivity index (χ0v) is 14.2.